The van der Waals surface area contributed by atoms with Crippen LogP contribution < -0.4 is 5.63 Å². The molecule has 0 atom stereocenters. The van der Waals surface area contributed by atoms with Crippen molar-refractivity contribution in [3.8, 4) is 5.75 Å². The van der Waals surface area contributed by atoms with Crippen LogP contribution in [0.3, 0.4) is 0 Å². The summed E-state index contributed by atoms with van der Waals surface area (Å²) >= 11 is 0. The lowest BCUT2D eigenvalue weighted by molar-refractivity contribution is 0.432. The SMILES string of the molecule is Cc1cc(O)c(C2=NCCCCC2)c(=O)o1. The maximum absolute atomic E-state index is 11.7. The third-order valence-electron chi connectivity index (χ3n) is 2.72. The zero-order valence-corrected chi connectivity index (χ0v) is 9.32. The Labute approximate surface area is 93.6 Å². The van der Waals surface area contributed by atoms with Gasteiger partial charge in [-0.2, -0.15) is 0 Å². The predicted molar refractivity (Wildman–Crippen MR) is 61.3 cm³/mol. The van der Waals surface area contributed by atoms with Crippen molar-refractivity contribution in [1.82, 2.24) is 0 Å². The molecule has 1 aromatic rings. The van der Waals surface area contributed by atoms with Gasteiger partial charge in [-0.3, -0.25) is 4.99 Å². The third-order valence-corrected chi connectivity index (χ3v) is 2.72. The maximum Gasteiger partial charge on any atom is 0.348 e. The van der Waals surface area contributed by atoms with Gasteiger partial charge in [0, 0.05) is 12.6 Å². The van der Waals surface area contributed by atoms with E-state index in [2.05, 4.69) is 4.99 Å². The Bertz CT molecular complexity index is 474. The molecule has 0 saturated heterocycles. The van der Waals surface area contributed by atoms with Gasteiger partial charge in [-0.15, -0.1) is 0 Å². The summed E-state index contributed by atoms with van der Waals surface area (Å²) in [5.74, 6) is 0.398. The number of nitrogens with zero attached hydrogens (tertiary/aromatic N) is 1. The van der Waals surface area contributed by atoms with E-state index in [4.69, 9.17) is 4.42 Å². The molecule has 2 heterocycles. The summed E-state index contributed by atoms with van der Waals surface area (Å²) in [6, 6.07) is 1.46. The van der Waals surface area contributed by atoms with Crippen LogP contribution in [0.15, 0.2) is 20.3 Å². The standard InChI is InChI=1S/C12H15NO3/c1-8-7-10(14)11(12(15)16-8)9-5-3-2-4-6-13-9/h7,14H,2-6H2,1H3. The van der Waals surface area contributed by atoms with Gasteiger partial charge in [0.1, 0.15) is 17.1 Å². The molecule has 0 aliphatic carbocycles. The Morgan fingerprint density at radius 2 is 2.19 bits per heavy atom. The fraction of sp³-hybridized carbons (Fsp3) is 0.500. The Balaban J connectivity index is 2.47. The molecule has 0 radical (unpaired) electrons. The molecule has 0 amide bonds. The first kappa shape index (κ1) is 10.9. The van der Waals surface area contributed by atoms with Crippen LogP contribution >= 0.6 is 0 Å². The van der Waals surface area contributed by atoms with Gasteiger partial charge in [0.25, 0.3) is 0 Å². The Hall–Kier alpha value is -1.58. The molecule has 0 saturated carbocycles. The number of hydrogen-bond acceptors (Lipinski definition) is 4. The smallest absolute Gasteiger partial charge is 0.348 e. The summed E-state index contributed by atoms with van der Waals surface area (Å²) in [4.78, 5) is 16.0. The predicted octanol–water partition coefficient (Wildman–Crippen LogP) is 2.02. The summed E-state index contributed by atoms with van der Waals surface area (Å²) in [7, 11) is 0. The average molecular weight is 221 g/mol. The van der Waals surface area contributed by atoms with Crippen molar-refractivity contribution in [3.05, 3.63) is 27.8 Å². The van der Waals surface area contributed by atoms with E-state index in [0.29, 0.717) is 11.5 Å². The van der Waals surface area contributed by atoms with E-state index < -0.39 is 5.63 Å². The highest BCUT2D eigenvalue weighted by molar-refractivity contribution is 6.02. The van der Waals surface area contributed by atoms with Crippen molar-refractivity contribution < 1.29 is 9.52 Å². The fourth-order valence-electron chi connectivity index (χ4n) is 1.94. The van der Waals surface area contributed by atoms with E-state index in [1.165, 1.54) is 6.07 Å². The fourth-order valence-corrected chi connectivity index (χ4v) is 1.94. The molecule has 2 rings (SSSR count). The van der Waals surface area contributed by atoms with Crippen LogP contribution in [0.1, 0.15) is 37.0 Å². The van der Waals surface area contributed by atoms with Gasteiger partial charge in [0.05, 0.1) is 5.71 Å². The summed E-state index contributed by atoms with van der Waals surface area (Å²) in [5.41, 5.74) is 0.439. The highest BCUT2D eigenvalue weighted by Gasteiger charge is 2.17. The monoisotopic (exact) mass is 221 g/mol. The molecule has 4 heteroatoms. The van der Waals surface area contributed by atoms with Gasteiger partial charge >= 0.3 is 5.63 Å². The van der Waals surface area contributed by atoms with Crippen molar-refractivity contribution in [2.24, 2.45) is 4.99 Å². The first-order chi connectivity index (χ1) is 7.68. The van der Waals surface area contributed by atoms with Gasteiger partial charge in [-0.25, -0.2) is 4.79 Å². The molecular formula is C12H15NO3. The lowest BCUT2D eigenvalue weighted by Gasteiger charge is -2.05. The van der Waals surface area contributed by atoms with Crippen molar-refractivity contribution in [1.29, 1.82) is 0 Å². The molecule has 16 heavy (non-hydrogen) atoms. The Morgan fingerprint density at radius 1 is 1.38 bits per heavy atom. The second-order valence-electron chi connectivity index (χ2n) is 4.04. The van der Waals surface area contributed by atoms with Crippen LogP contribution in [0.4, 0.5) is 0 Å². The van der Waals surface area contributed by atoms with E-state index in [1.807, 2.05) is 0 Å². The molecule has 1 aromatic heterocycles. The van der Waals surface area contributed by atoms with E-state index >= 15 is 0 Å². The average Bonchev–Trinajstić information content (AvgIpc) is 2.44. The molecule has 1 aliphatic rings. The van der Waals surface area contributed by atoms with Crippen molar-refractivity contribution in [3.63, 3.8) is 0 Å². The number of aryl methyl sites for hydroxylation is 1. The molecule has 0 bridgehead atoms. The maximum atomic E-state index is 11.7. The number of aromatic hydroxyl groups is 1. The number of hydrogen-bond donors (Lipinski definition) is 1. The van der Waals surface area contributed by atoms with Gasteiger partial charge in [0.2, 0.25) is 0 Å². The summed E-state index contributed by atoms with van der Waals surface area (Å²) in [5, 5.41) is 9.78. The minimum Gasteiger partial charge on any atom is -0.507 e. The van der Waals surface area contributed by atoms with Gasteiger partial charge in [-0.1, -0.05) is 6.42 Å². The van der Waals surface area contributed by atoms with Gasteiger partial charge in [-0.05, 0) is 26.2 Å². The zero-order valence-electron chi connectivity index (χ0n) is 9.32. The molecule has 0 unspecified atom stereocenters. The normalized spacial score (nSPS) is 16.7. The van der Waals surface area contributed by atoms with E-state index in [1.54, 1.807) is 6.92 Å². The van der Waals surface area contributed by atoms with E-state index in [9.17, 15) is 9.90 Å². The largest absolute Gasteiger partial charge is 0.507 e. The Morgan fingerprint density at radius 3 is 2.94 bits per heavy atom. The van der Waals surface area contributed by atoms with Crippen LogP contribution in [0, 0.1) is 6.92 Å². The van der Waals surface area contributed by atoms with Crippen LogP contribution in [0.2, 0.25) is 0 Å². The number of rotatable bonds is 1. The second kappa shape index (κ2) is 4.51. The molecule has 0 aromatic carbocycles. The third kappa shape index (κ3) is 2.15. The summed E-state index contributed by atoms with van der Waals surface area (Å²) in [6.45, 7) is 2.36. The molecular weight excluding hydrogens is 206 g/mol. The molecule has 86 valence electrons. The van der Waals surface area contributed by atoms with Crippen molar-refractivity contribution in [2.75, 3.05) is 6.54 Å². The minimum atomic E-state index is -0.488. The first-order valence-corrected chi connectivity index (χ1v) is 5.56. The van der Waals surface area contributed by atoms with Crippen molar-refractivity contribution >= 4 is 5.71 Å². The molecule has 0 spiro atoms. The number of aliphatic imine (C=N–C) groups is 1. The zero-order chi connectivity index (χ0) is 11.5. The minimum absolute atomic E-state index is 0.0191. The topological polar surface area (TPSA) is 62.8 Å². The summed E-state index contributed by atoms with van der Waals surface area (Å²) < 4.78 is 4.99. The van der Waals surface area contributed by atoms with Crippen LogP contribution in [-0.4, -0.2) is 17.4 Å². The van der Waals surface area contributed by atoms with Gasteiger partial charge in [0.15, 0.2) is 0 Å². The molecule has 1 N–H and O–H groups in total. The highest BCUT2D eigenvalue weighted by Crippen LogP contribution is 2.20. The summed E-state index contributed by atoms with van der Waals surface area (Å²) in [6.07, 6.45) is 3.90. The quantitative estimate of drug-likeness (QED) is 0.789. The van der Waals surface area contributed by atoms with Crippen LogP contribution in [0.25, 0.3) is 0 Å². The van der Waals surface area contributed by atoms with E-state index in [-0.39, 0.29) is 11.3 Å². The lowest BCUT2D eigenvalue weighted by Crippen LogP contribution is -2.15. The van der Waals surface area contributed by atoms with Crippen molar-refractivity contribution in [2.45, 2.75) is 32.6 Å². The molecule has 1 aliphatic heterocycles. The molecule has 4 nitrogen and oxygen atoms in total. The van der Waals surface area contributed by atoms with Crippen LogP contribution in [0.5, 0.6) is 5.75 Å². The first-order valence-electron chi connectivity index (χ1n) is 5.56. The van der Waals surface area contributed by atoms with Crippen LogP contribution in [-0.2, 0) is 0 Å². The second-order valence-corrected chi connectivity index (χ2v) is 4.04. The lowest BCUT2D eigenvalue weighted by atomic mass is 10.1. The molecule has 0 fully saturated rings. The van der Waals surface area contributed by atoms with E-state index in [0.717, 1.165) is 32.2 Å². The Kier molecular flexibility index (Phi) is 3.08. The van der Waals surface area contributed by atoms with Gasteiger partial charge < -0.3 is 9.52 Å². The highest BCUT2D eigenvalue weighted by atomic mass is 16.4.